The van der Waals surface area contributed by atoms with Gasteiger partial charge in [0.1, 0.15) is 6.10 Å². The minimum atomic E-state index is -0.287. The summed E-state index contributed by atoms with van der Waals surface area (Å²) in [5.41, 5.74) is 0. The number of hydrogen-bond donors (Lipinski definition) is 2. The molecule has 0 aromatic carbocycles. The van der Waals surface area contributed by atoms with Crippen molar-refractivity contribution in [3.63, 3.8) is 0 Å². The molecule has 1 fully saturated rings. The lowest BCUT2D eigenvalue weighted by Crippen LogP contribution is -2.46. The number of ether oxygens (including phenoxy) is 1. The van der Waals surface area contributed by atoms with Crippen molar-refractivity contribution in [2.75, 3.05) is 20.2 Å². The van der Waals surface area contributed by atoms with Gasteiger partial charge >= 0.3 is 0 Å². The van der Waals surface area contributed by atoms with Crippen molar-refractivity contribution in [1.82, 2.24) is 10.6 Å². The average molecular weight is 237 g/mol. The first-order valence-corrected chi connectivity index (χ1v) is 5.31. The zero-order valence-corrected chi connectivity index (χ0v) is 10.2. The third-order valence-electron chi connectivity index (χ3n) is 2.63. The second-order valence-corrected chi connectivity index (χ2v) is 3.67. The maximum Gasteiger partial charge on any atom is 0.249 e. The summed E-state index contributed by atoms with van der Waals surface area (Å²) in [6, 6.07) is 0.327. The number of nitrogens with one attached hydrogen (secondary N) is 2. The minimum Gasteiger partial charge on any atom is -0.372 e. The molecule has 15 heavy (non-hydrogen) atoms. The van der Waals surface area contributed by atoms with Gasteiger partial charge in [-0.1, -0.05) is 6.92 Å². The number of piperidine rings is 1. The third kappa shape index (κ3) is 4.82. The van der Waals surface area contributed by atoms with Crippen LogP contribution >= 0.6 is 12.4 Å². The molecule has 1 rings (SSSR count). The van der Waals surface area contributed by atoms with Crippen molar-refractivity contribution >= 4 is 18.3 Å². The molecule has 1 saturated heterocycles. The Morgan fingerprint density at radius 1 is 1.53 bits per heavy atom. The summed E-state index contributed by atoms with van der Waals surface area (Å²) in [5.74, 6) is 0.0295. The number of hydrogen-bond acceptors (Lipinski definition) is 3. The first-order valence-electron chi connectivity index (χ1n) is 5.31. The van der Waals surface area contributed by atoms with Gasteiger partial charge in [0, 0.05) is 13.2 Å². The lowest BCUT2D eigenvalue weighted by atomic mass is 10.1. The standard InChI is InChI=1S/C10H20N2O2.ClH/c1-3-9(14-2)10(13)12-8-4-6-11-7-5-8;/h8-9,11H,3-7H2,1-2H3,(H,12,13);1H. The zero-order valence-electron chi connectivity index (χ0n) is 9.41. The number of amides is 1. The zero-order chi connectivity index (χ0) is 10.4. The van der Waals surface area contributed by atoms with E-state index in [1.165, 1.54) is 0 Å². The molecule has 0 bridgehead atoms. The highest BCUT2D eigenvalue weighted by Crippen LogP contribution is 2.04. The monoisotopic (exact) mass is 236 g/mol. The van der Waals surface area contributed by atoms with Crippen LogP contribution in [0, 0.1) is 0 Å². The summed E-state index contributed by atoms with van der Waals surface area (Å²) >= 11 is 0. The molecule has 0 spiro atoms. The van der Waals surface area contributed by atoms with Crippen molar-refractivity contribution in [3.8, 4) is 0 Å². The van der Waals surface area contributed by atoms with Crippen LogP contribution in [0.25, 0.3) is 0 Å². The second kappa shape index (κ2) is 7.91. The van der Waals surface area contributed by atoms with E-state index < -0.39 is 0 Å². The quantitative estimate of drug-likeness (QED) is 0.756. The number of rotatable bonds is 4. The molecular weight excluding hydrogens is 216 g/mol. The Morgan fingerprint density at radius 2 is 2.13 bits per heavy atom. The summed E-state index contributed by atoms with van der Waals surface area (Å²) < 4.78 is 5.08. The van der Waals surface area contributed by atoms with Gasteiger partial charge in [-0.2, -0.15) is 0 Å². The van der Waals surface area contributed by atoms with Gasteiger partial charge in [0.05, 0.1) is 0 Å². The molecule has 0 aliphatic carbocycles. The molecule has 90 valence electrons. The summed E-state index contributed by atoms with van der Waals surface area (Å²) in [7, 11) is 1.58. The minimum absolute atomic E-state index is 0. The van der Waals surface area contributed by atoms with E-state index in [0.717, 1.165) is 32.4 Å². The fraction of sp³-hybridized carbons (Fsp3) is 0.900. The number of carbonyl (C=O) groups excluding carboxylic acids is 1. The van der Waals surface area contributed by atoms with Crippen LogP contribution in [0.2, 0.25) is 0 Å². The lowest BCUT2D eigenvalue weighted by Gasteiger charge is -2.25. The Bertz CT molecular complexity index is 180. The third-order valence-corrected chi connectivity index (χ3v) is 2.63. The number of methoxy groups -OCH3 is 1. The van der Waals surface area contributed by atoms with Crippen LogP contribution in [0.5, 0.6) is 0 Å². The largest absolute Gasteiger partial charge is 0.372 e. The maximum absolute atomic E-state index is 11.6. The molecule has 4 nitrogen and oxygen atoms in total. The van der Waals surface area contributed by atoms with Gasteiger partial charge in [0.25, 0.3) is 0 Å². The van der Waals surface area contributed by atoms with Crippen molar-refractivity contribution < 1.29 is 9.53 Å². The van der Waals surface area contributed by atoms with Gasteiger partial charge in [0.2, 0.25) is 5.91 Å². The molecule has 0 aromatic rings. The predicted molar refractivity (Wildman–Crippen MR) is 62.4 cm³/mol. The van der Waals surface area contributed by atoms with Gasteiger partial charge in [-0.3, -0.25) is 4.79 Å². The second-order valence-electron chi connectivity index (χ2n) is 3.67. The fourth-order valence-electron chi connectivity index (χ4n) is 1.72. The van der Waals surface area contributed by atoms with Crippen LogP contribution in [0.3, 0.4) is 0 Å². The fourth-order valence-corrected chi connectivity index (χ4v) is 1.72. The van der Waals surface area contributed by atoms with Crippen molar-refractivity contribution in [2.24, 2.45) is 0 Å². The molecule has 1 unspecified atom stereocenters. The topological polar surface area (TPSA) is 50.4 Å². The van der Waals surface area contributed by atoms with Crippen LogP contribution in [0.4, 0.5) is 0 Å². The maximum atomic E-state index is 11.6. The SMILES string of the molecule is CCC(OC)C(=O)NC1CCNCC1.Cl. The van der Waals surface area contributed by atoms with Gasteiger partial charge in [0.15, 0.2) is 0 Å². The Labute approximate surface area is 97.5 Å². The molecule has 1 atom stereocenters. The van der Waals surface area contributed by atoms with E-state index in [1.807, 2.05) is 6.92 Å². The van der Waals surface area contributed by atoms with Gasteiger partial charge in [-0.25, -0.2) is 0 Å². The van der Waals surface area contributed by atoms with Gasteiger partial charge in [-0.15, -0.1) is 12.4 Å². The molecule has 0 aromatic heterocycles. The van der Waals surface area contributed by atoms with E-state index in [1.54, 1.807) is 7.11 Å². The first kappa shape index (κ1) is 14.7. The lowest BCUT2D eigenvalue weighted by molar-refractivity contribution is -0.132. The Balaban J connectivity index is 0.00000196. The van der Waals surface area contributed by atoms with Crippen molar-refractivity contribution in [1.29, 1.82) is 0 Å². The van der Waals surface area contributed by atoms with Gasteiger partial charge < -0.3 is 15.4 Å². The molecule has 1 aliphatic heterocycles. The number of carbonyl (C=O) groups is 1. The molecular formula is C10H21ClN2O2. The van der Waals surface area contributed by atoms with E-state index >= 15 is 0 Å². The highest BCUT2D eigenvalue weighted by molar-refractivity contribution is 5.85. The molecule has 1 heterocycles. The molecule has 0 saturated carbocycles. The smallest absolute Gasteiger partial charge is 0.249 e. The van der Waals surface area contributed by atoms with Crippen molar-refractivity contribution in [2.45, 2.75) is 38.3 Å². The van der Waals surface area contributed by atoms with Crippen LogP contribution in [0.15, 0.2) is 0 Å². The molecule has 1 aliphatic rings. The van der Waals surface area contributed by atoms with Crippen LogP contribution in [0.1, 0.15) is 26.2 Å². The predicted octanol–water partition coefficient (Wildman–Crippen LogP) is 0.701. The van der Waals surface area contributed by atoms with E-state index in [0.29, 0.717) is 6.04 Å². The summed E-state index contributed by atoms with van der Waals surface area (Å²) in [6.45, 7) is 3.94. The average Bonchev–Trinajstić information content (AvgIpc) is 2.21. The van der Waals surface area contributed by atoms with Gasteiger partial charge in [-0.05, 0) is 32.4 Å². The van der Waals surface area contributed by atoms with Crippen LogP contribution in [-0.2, 0) is 9.53 Å². The number of halogens is 1. The van der Waals surface area contributed by atoms with Crippen molar-refractivity contribution in [3.05, 3.63) is 0 Å². The highest BCUT2D eigenvalue weighted by Gasteiger charge is 2.20. The summed E-state index contributed by atoms with van der Waals surface area (Å²) in [4.78, 5) is 11.6. The molecule has 1 amide bonds. The Morgan fingerprint density at radius 3 is 2.60 bits per heavy atom. The molecule has 0 radical (unpaired) electrons. The van der Waals surface area contributed by atoms with Crippen LogP contribution in [-0.4, -0.2) is 38.3 Å². The Kier molecular flexibility index (Phi) is 7.74. The first-order chi connectivity index (χ1) is 6.77. The van der Waals surface area contributed by atoms with E-state index in [4.69, 9.17) is 4.74 Å². The highest BCUT2D eigenvalue weighted by atomic mass is 35.5. The van der Waals surface area contributed by atoms with E-state index in [9.17, 15) is 4.79 Å². The summed E-state index contributed by atoms with van der Waals surface area (Å²) in [6.07, 6.45) is 2.48. The normalized spacial score (nSPS) is 19.1. The molecule has 2 N–H and O–H groups in total. The Hall–Kier alpha value is -0.320. The molecule has 5 heteroatoms. The van der Waals surface area contributed by atoms with E-state index in [-0.39, 0.29) is 24.4 Å². The van der Waals surface area contributed by atoms with Crippen LogP contribution < -0.4 is 10.6 Å². The van der Waals surface area contributed by atoms with E-state index in [2.05, 4.69) is 10.6 Å². The summed E-state index contributed by atoms with van der Waals surface area (Å²) in [5, 5.41) is 6.28.